The van der Waals surface area contributed by atoms with Crippen molar-refractivity contribution in [3.05, 3.63) is 34.5 Å². The van der Waals surface area contributed by atoms with Crippen LogP contribution in [0.3, 0.4) is 0 Å². The molecule has 1 heterocycles. The van der Waals surface area contributed by atoms with Gasteiger partial charge in [0.2, 0.25) is 0 Å². The molecule has 0 atom stereocenters. The Balaban J connectivity index is 2.01. The Hall–Kier alpha value is -1.88. The fourth-order valence-electron chi connectivity index (χ4n) is 4.27. The molecule has 2 fully saturated rings. The third-order valence-electron chi connectivity index (χ3n) is 5.91. The molecule has 1 aliphatic carbocycles. The maximum atomic E-state index is 13.1. The van der Waals surface area contributed by atoms with Crippen LogP contribution < -0.4 is 5.32 Å². The normalized spacial score (nSPS) is 20.5. The lowest BCUT2D eigenvalue weighted by atomic mass is 9.78. The number of thiocarbonyl (C=S) groups is 1. The minimum Gasteiger partial charge on any atom is -0.507 e. The summed E-state index contributed by atoms with van der Waals surface area (Å²) in [7, 11) is 0. The molecule has 0 radical (unpaired) electrons. The molecule has 0 spiro atoms. The number of phenols is 1. The molecule has 1 aliphatic heterocycles. The fraction of sp³-hybridized carbons (Fsp3) is 0.583. The van der Waals surface area contributed by atoms with Gasteiger partial charge in [0.1, 0.15) is 11.4 Å². The lowest BCUT2D eigenvalue weighted by Crippen LogP contribution is -2.41. The highest BCUT2D eigenvalue weighted by Gasteiger charge is 2.36. The van der Waals surface area contributed by atoms with E-state index < -0.39 is 0 Å². The number of rotatable bonds is 2. The van der Waals surface area contributed by atoms with E-state index in [0.29, 0.717) is 16.6 Å². The van der Waals surface area contributed by atoms with Gasteiger partial charge in [-0.1, -0.05) is 60.8 Å². The van der Waals surface area contributed by atoms with Crippen molar-refractivity contribution in [2.24, 2.45) is 0 Å². The lowest BCUT2D eigenvalue weighted by Gasteiger charge is -2.29. The minimum atomic E-state index is -0.213. The van der Waals surface area contributed by atoms with Gasteiger partial charge in [-0.05, 0) is 59.7 Å². The van der Waals surface area contributed by atoms with Crippen LogP contribution in [0.1, 0.15) is 90.3 Å². The average molecular weight is 415 g/mol. The van der Waals surface area contributed by atoms with E-state index in [1.54, 1.807) is 4.90 Å². The van der Waals surface area contributed by atoms with Crippen LogP contribution in [-0.4, -0.2) is 27.1 Å². The summed E-state index contributed by atoms with van der Waals surface area (Å²) in [6.07, 6.45) is 7.45. The molecule has 0 aromatic heterocycles. The lowest BCUT2D eigenvalue weighted by molar-refractivity contribution is -0.124. The van der Waals surface area contributed by atoms with Crippen LogP contribution >= 0.6 is 12.2 Å². The Bertz CT molecular complexity index is 818. The first-order chi connectivity index (χ1) is 13.4. The number of hydrogen-bond donors (Lipinski definition) is 2. The van der Waals surface area contributed by atoms with Crippen LogP contribution in [0, 0.1) is 0 Å². The Morgan fingerprint density at radius 2 is 1.55 bits per heavy atom. The molecule has 1 saturated carbocycles. The van der Waals surface area contributed by atoms with Gasteiger partial charge < -0.3 is 10.4 Å². The van der Waals surface area contributed by atoms with Gasteiger partial charge in [0.25, 0.3) is 5.91 Å². The number of nitrogens with zero attached hydrogens (tertiary/aromatic N) is 1. The first-order valence-corrected chi connectivity index (χ1v) is 11.0. The zero-order valence-electron chi connectivity index (χ0n) is 18.6. The van der Waals surface area contributed by atoms with Crippen molar-refractivity contribution in [3.8, 4) is 5.75 Å². The number of nitrogens with one attached hydrogen (secondary N) is 1. The second kappa shape index (κ2) is 7.75. The van der Waals surface area contributed by atoms with Crippen molar-refractivity contribution in [3.63, 3.8) is 0 Å². The second-order valence-electron chi connectivity index (χ2n) is 10.4. The summed E-state index contributed by atoms with van der Waals surface area (Å²) < 4.78 is 0. The molecular weight excluding hydrogens is 380 g/mol. The standard InChI is InChI=1S/C24H34N2O2S/c1-23(2,3)17-12-15(13-18(20(17)27)24(4,5)6)14-19-21(28)26(22(29)25-19)16-10-8-7-9-11-16/h12-14,16,27H,7-11H2,1-6H3,(H,25,29)/b19-14-. The number of amides is 1. The molecule has 2 N–H and O–H groups in total. The predicted octanol–water partition coefficient (Wildman–Crippen LogP) is 5.38. The van der Waals surface area contributed by atoms with Crippen LogP contribution in [0.15, 0.2) is 17.8 Å². The summed E-state index contributed by atoms with van der Waals surface area (Å²) in [6.45, 7) is 12.5. The van der Waals surface area contributed by atoms with Crippen LogP contribution in [0.25, 0.3) is 6.08 Å². The largest absolute Gasteiger partial charge is 0.507 e. The zero-order valence-corrected chi connectivity index (χ0v) is 19.4. The first kappa shape index (κ1) is 21.8. The maximum Gasteiger partial charge on any atom is 0.276 e. The van der Waals surface area contributed by atoms with Crippen LogP contribution in [-0.2, 0) is 15.6 Å². The highest BCUT2D eigenvalue weighted by atomic mass is 32.1. The molecule has 1 aromatic carbocycles. The number of hydrogen-bond acceptors (Lipinski definition) is 3. The first-order valence-electron chi connectivity index (χ1n) is 10.6. The average Bonchev–Trinajstić information content (AvgIpc) is 2.88. The van der Waals surface area contributed by atoms with Crippen molar-refractivity contribution < 1.29 is 9.90 Å². The number of carbonyl (C=O) groups is 1. The fourth-order valence-corrected chi connectivity index (χ4v) is 4.61. The van der Waals surface area contributed by atoms with Gasteiger partial charge in [-0.15, -0.1) is 0 Å². The Labute approximate surface area is 180 Å². The third kappa shape index (κ3) is 4.50. The van der Waals surface area contributed by atoms with Crippen LogP contribution in [0.4, 0.5) is 0 Å². The SMILES string of the molecule is CC(C)(C)c1cc(/C=C2\NC(=S)N(C3CCCCC3)C2=O)cc(C(C)(C)C)c1O. The Kier molecular flexibility index (Phi) is 5.83. The molecule has 5 heteroatoms. The van der Waals surface area contributed by atoms with E-state index in [-0.39, 0.29) is 22.8 Å². The summed E-state index contributed by atoms with van der Waals surface area (Å²) >= 11 is 5.50. The minimum absolute atomic E-state index is 0.0374. The van der Waals surface area contributed by atoms with Gasteiger partial charge in [0.15, 0.2) is 5.11 Å². The zero-order chi connectivity index (χ0) is 21.6. The smallest absolute Gasteiger partial charge is 0.276 e. The topological polar surface area (TPSA) is 52.6 Å². The molecule has 0 unspecified atom stereocenters. The highest BCUT2D eigenvalue weighted by Crippen LogP contribution is 2.40. The molecule has 3 rings (SSSR count). The molecule has 1 saturated heterocycles. The van der Waals surface area contributed by atoms with Crippen LogP contribution in [0.5, 0.6) is 5.75 Å². The predicted molar refractivity (Wildman–Crippen MR) is 123 cm³/mol. The number of benzene rings is 1. The summed E-state index contributed by atoms with van der Waals surface area (Å²) in [5, 5.41) is 14.6. The summed E-state index contributed by atoms with van der Waals surface area (Å²) in [6, 6.07) is 4.18. The second-order valence-corrected chi connectivity index (χ2v) is 10.8. The van der Waals surface area contributed by atoms with Crippen molar-refractivity contribution >= 4 is 29.3 Å². The maximum absolute atomic E-state index is 13.1. The number of carbonyl (C=O) groups excluding carboxylic acids is 1. The summed E-state index contributed by atoms with van der Waals surface area (Å²) in [5.41, 5.74) is 2.76. The number of aromatic hydroxyl groups is 1. The van der Waals surface area contributed by atoms with E-state index in [9.17, 15) is 9.90 Å². The molecule has 158 valence electrons. The van der Waals surface area contributed by atoms with Crippen molar-refractivity contribution in [1.82, 2.24) is 10.2 Å². The molecule has 2 aliphatic rings. The van der Waals surface area contributed by atoms with E-state index in [4.69, 9.17) is 12.2 Å². The van der Waals surface area contributed by atoms with E-state index in [1.807, 2.05) is 18.2 Å². The van der Waals surface area contributed by atoms with E-state index >= 15 is 0 Å². The van der Waals surface area contributed by atoms with E-state index in [2.05, 4.69) is 46.9 Å². The number of phenolic OH excluding ortho intramolecular Hbond substituents is 1. The molecule has 29 heavy (non-hydrogen) atoms. The third-order valence-corrected chi connectivity index (χ3v) is 6.21. The van der Waals surface area contributed by atoms with Crippen molar-refractivity contribution in [2.45, 2.75) is 90.5 Å². The van der Waals surface area contributed by atoms with Gasteiger partial charge in [0, 0.05) is 17.2 Å². The van der Waals surface area contributed by atoms with Gasteiger partial charge in [0.05, 0.1) is 0 Å². The summed E-state index contributed by atoms with van der Waals surface area (Å²) in [4.78, 5) is 14.9. The molecular formula is C24H34N2O2S. The van der Waals surface area contributed by atoms with Gasteiger partial charge in [-0.2, -0.15) is 0 Å². The highest BCUT2D eigenvalue weighted by molar-refractivity contribution is 7.80. The monoisotopic (exact) mass is 414 g/mol. The summed E-state index contributed by atoms with van der Waals surface area (Å²) in [5.74, 6) is 0.307. The molecule has 0 bridgehead atoms. The molecule has 1 aromatic rings. The van der Waals surface area contributed by atoms with Crippen molar-refractivity contribution in [2.75, 3.05) is 0 Å². The molecule has 4 nitrogen and oxygen atoms in total. The Morgan fingerprint density at radius 3 is 2.03 bits per heavy atom. The van der Waals surface area contributed by atoms with E-state index in [0.717, 1.165) is 42.4 Å². The quantitative estimate of drug-likeness (QED) is 0.504. The van der Waals surface area contributed by atoms with Crippen LogP contribution in [0.2, 0.25) is 0 Å². The van der Waals surface area contributed by atoms with Crippen molar-refractivity contribution in [1.29, 1.82) is 0 Å². The Morgan fingerprint density at radius 1 is 1.03 bits per heavy atom. The molecule has 1 amide bonds. The van der Waals surface area contributed by atoms with Gasteiger partial charge >= 0.3 is 0 Å². The van der Waals surface area contributed by atoms with Gasteiger partial charge in [-0.25, -0.2) is 0 Å². The van der Waals surface area contributed by atoms with E-state index in [1.165, 1.54) is 6.42 Å². The van der Waals surface area contributed by atoms with Gasteiger partial charge in [-0.3, -0.25) is 9.69 Å².